The Hall–Kier alpha value is -3.95. The summed E-state index contributed by atoms with van der Waals surface area (Å²) >= 11 is 0. The third kappa shape index (κ3) is 4.86. The van der Waals surface area contributed by atoms with E-state index in [1.807, 2.05) is 0 Å². The molecule has 5 N–H and O–H groups in total. The Balaban J connectivity index is 0.000000186. The number of nitrogens with two attached hydrogens (primary N) is 1. The van der Waals surface area contributed by atoms with Crippen molar-refractivity contribution in [2.45, 2.75) is 26.4 Å². The number of nitrogen functional groups attached to an aromatic ring is 1. The Labute approximate surface area is 164 Å². The summed E-state index contributed by atoms with van der Waals surface area (Å²) in [4.78, 5) is 19.3. The Morgan fingerprint density at radius 1 is 1.00 bits per heavy atom. The van der Waals surface area contributed by atoms with Gasteiger partial charge in [-0.05, 0) is 20.8 Å². The van der Waals surface area contributed by atoms with Crippen LogP contribution in [-0.4, -0.2) is 31.9 Å². The number of phenols is 2. The summed E-state index contributed by atoms with van der Waals surface area (Å²) in [5.41, 5.74) is 7.50. The van der Waals surface area contributed by atoms with Gasteiger partial charge in [0.2, 0.25) is 0 Å². The van der Waals surface area contributed by atoms with Crippen LogP contribution in [0.1, 0.15) is 20.8 Å². The fourth-order valence-electron chi connectivity index (χ4n) is 2.31. The van der Waals surface area contributed by atoms with Crippen molar-refractivity contribution in [2.75, 3.05) is 11.1 Å². The summed E-state index contributed by atoms with van der Waals surface area (Å²) in [5, 5.41) is 21.3. The van der Waals surface area contributed by atoms with E-state index in [1.165, 1.54) is 37.1 Å². The summed E-state index contributed by atoms with van der Waals surface area (Å²) in [6, 6.07) is 5.90. The number of anilines is 2. The van der Waals surface area contributed by atoms with Crippen molar-refractivity contribution in [3.63, 3.8) is 0 Å². The van der Waals surface area contributed by atoms with Crippen molar-refractivity contribution in [2.24, 2.45) is 0 Å². The molecule has 0 saturated heterocycles. The second-order valence-electron chi connectivity index (χ2n) is 7.05. The van der Waals surface area contributed by atoms with E-state index in [2.05, 4.69) is 15.3 Å². The average molecular weight is 400 g/mol. The van der Waals surface area contributed by atoms with E-state index in [0.717, 1.165) is 0 Å². The fourth-order valence-corrected chi connectivity index (χ4v) is 2.31. The van der Waals surface area contributed by atoms with Crippen molar-refractivity contribution >= 4 is 39.7 Å². The Kier molecular flexibility index (Phi) is 5.18. The molecule has 2 aromatic carbocycles. The number of aromatic nitrogens is 2. The second kappa shape index (κ2) is 7.58. The zero-order valence-corrected chi connectivity index (χ0v) is 16.0. The van der Waals surface area contributed by atoms with E-state index in [1.54, 1.807) is 20.8 Å². The minimum atomic E-state index is -0.642. The zero-order chi connectivity index (χ0) is 21.2. The SMILES string of the molecule is CC(C)(C)OC(=O)Nc1cc2ocnc2cc1O.Nc1cc2ocnc2cc1O. The molecule has 0 spiro atoms. The molecular weight excluding hydrogens is 380 g/mol. The van der Waals surface area contributed by atoms with Crippen LogP contribution in [0.4, 0.5) is 16.2 Å². The Morgan fingerprint density at radius 3 is 2.14 bits per heavy atom. The zero-order valence-electron chi connectivity index (χ0n) is 16.0. The molecule has 1 amide bonds. The predicted octanol–water partition coefficient (Wildman–Crippen LogP) is 4.00. The molecule has 4 aromatic rings. The maximum Gasteiger partial charge on any atom is 0.412 e. The van der Waals surface area contributed by atoms with Gasteiger partial charge in [0, 0.05) is 24.3 Å². The van der Waals surface area contributed by atoms with Crippen LogP contribution in [0.2, 0.25) is 0 Å². The second-order valence-corrected chi connectivity index (χ2v) is 7.05. The van der Waals surface area contributed by atoms with Gasteiger partial charge in [-0.25, -0.2) is 14.8 Å². The lowest BCUT2D eigenvalue weighted by Gasteiger charge is -2.19. The molecule has 0 aliphatic rings. The molecule has 29 heavy (non-hydrogen) atoms. The highest BCUT2D eigenvalue weighted by atomic mass is 16.6. The van der Waals surface area contributed by atoms with E-state index >= 15 is 0 Å². The van der Waals surface area contributed by atoms with Crippen LogP contribution in [0.15, 0.2) is 45.9 Å². The summed E-state index contributed by atoms with van der Waals surface area (Å²) in [5.74, 6) is -0.0614. The minimum absolute atomic E-state index is 0.0337. The quantitative estimate of drug-likeness (QED) is 0.274. The lowest BCUT2D eigenvalue weighted by atomic mass is 10.2. The van der Waals surface area contributed by atoms with Gasteiger partial charge in [0.1, 0.15) is 28.1 Å². The largest absolute Gasteiger partial charge is 0.506 e. The third-order valence-corrected chi connectivity index (χ3v) is 3.56. The summed E-state index contributed by atoms with van der Waals surface area (Å²) in [6.45, 7) is 5.27. The van der Waals surface area contributed by atoms with Crippen LogP contribution >= 0.6 is 0 Å². The molecule has 0 bridgehead atoms. The highest BCUT2D eigenvalue weighted by Gasteiger charge is 2.18. The Bertz CT molecular complexity index is 1120. The number of oxazole rings is 2. The molecule has 2 heterocycles. The topological polar surface area (TPSA) is 157 Å². The van der Waals surface area contributed by atoms with Crippen molar-refractivity contribution < 1.29 is 28.6 Å². The maximum absolute atomic E-state index is 11.6. The molecule has 10 nitrogen and oxygen atoms in total. The highest BCUT2D eigenvalue weighted by Crippen LogP contribution is 2.29. The first kappa shape index (κ1) is 19.8. The van der Waals surface area contributed by atoms with Gasteiger partial charge < -0.3 is 29.5 Å². The molecule has 0 unspecified atom stereocenters. The smallest absolute Gasteiger partial charge is 0.412 e. The molecule has 0 atom stereocenters. The minimum Gasteiger partial charge on any atom is -0.506 e. The standard InChI is InChI=1S/C12H14N2O4.C7H6N2O2/c1-12(2,3)18-11(16)14-7-5-10-8(4-9(7)15)13-6-17-10;8-4-1-7-5(2-6(4)10)9-3-11-7/h4-6,15H,1-3H3,(H,14,16);1-3,10H,8H2. The molecule has 0 aliphatic heterocycles. The number of benzene rings is 2. The number of fused-ring (bicyclic) bond motifs is 2. The van der Waals surface area contributed by atoms with E-state index in [4.69, 9.17) is 24.4 Å². The van der Waals surface area contributed by atoms with Crippen LogP contribution in [0, 0.1) is 0 Å². The molecule has 0 aliphatic carbocycles. The predicted molar refractivity (Wildman–Crippen MR) is 106 cm³/mol. The Morgan fingerprint density at radius 2 is 1.55 bits per heavy atom. The van der Waals surface area contributed by atoms with Gasteiger partial charge in [-0.1, -0.05) is 0 Å². The van der Waals surface area contributed by atoms with Gasteiger partial charge in [-0.2, -0.15) is 0 Å². The molecule has 0 saturated carbocycles. The average Bonchev–Trinajstić information content (AvgIpc) is 3.23. The number of aromatic hydroxyl groups is 2. The molecule has 152 valence electrons. The molecule has 2 aromatic heterocycles. The van der Waals surface area contributed by atoms with Crippen molar-refractivity contribution in [3.8, 4) is 11.5 Å². The van der Waals surface area contributed by atoms with Crippen LogP contribution in [0.25, 0.3) is 22.2 Å². The summed E-state index contributed by atoms with van der Waals surface area (Å²) in [7, 11) is 0. The first-order chi connectivity index (χ1) is 13.6. The van der Waals surface area contributed by atoms with Gasteiger partial charge in [0.15, 0.2) is 24.0 Å². The van der Waals surface area contributed by atoms with E-state index < -0.39 is 11.7 Å². The number of nitrogens with one attached hydrogen (secondary N) is 1. The van der Waals surface area contributed by atoms with Crippen molar-refractivity contribution in [1.82, 2.24) is 9.97 Å². The van der Waals surface area contributed by atoms with Gasteiger partial charge in [-0.3, -0.25) is 5.32 Å². The van der Waals surface area contributed by atoms with E-state index in [0.29, 0.717) is 27.9 Å². The number of amides is 1. The molecular formula is C19H20N4O6. The number of phenolic OH excluding ortho intramolecular Hbond substituents is 2. The lowest BCUT2D eigenvalue weighted by molar-refractivity contribution is 0.0635. The number of carbonyl (C=O) groups excluding carboxylic acids is 1. The van der Waals surface area contributed by atoms with Crippen LogP contribution in [0.3, 0.4) is 0 Å². The van der Waals surface area contributed by atoms with Gasteiger partial charge in [0.25, 0.3) is 0 Å². The first-order valence-corrected chi connectivity index (χ1v) is 8.50. The fraction of sp³-hybridized carbons (Fsp3) is 0.211. The molecule has 10 heteroatoms. The van der Waals surface area contributed by atoms with Crippen LogP contribution in [-0.2, 0) is 4.74 Å². The molecule has 4 rings (SSSR count). The number of carbonyl (C=O) groups is 1. The van der Waals surface area contributed by atoms with Crippen molar-refractivity contribution in [1.29, 1.82) is 0 Å². The maximum atomic E-state index is 11.6. The number of hydrogen-bond acceptors (Lipinski definition) is 9. The van der Waals surface area contributed by atoms with Gasteiger partial charge in [-0.15, -0.1) is 0 Å². The normalized spacial score (nSPS) is 11.1. The van der Waals surface area contributed by atoms with Gasteiger partial charge >= 0.3 is 6.09 Å². The van der Waals surface area contributed by atoms with E-state index in [-0.39, 0.29) is 17.2 Å². The van der Waals surface area contributed by atoms with Crippen LogP contribution in [0.5, 0.6) is 11.5 Å². The molecule has 0 fully saturated rings. The number of nitrogens with zero attached hydrogens (tertiary/aromatic N) is 2. The van der Waals surface area contributed by atoms with Crippen LogP contribution < -0.4 is 11.1 Å². The number of hydrogen-bond donors (Lipinski definition) is 4. The lowest BCUT2D eigenvalue weighted by Crippen LogP contribution is -2.27. The molecule has 0 radical (unpaired) electrons. The summed E-state index contributed by atoms with van der Waals surface area (Å²) in [6.07, 6.45) is 1.93. The highest BCUT2D eigenvalue weighted by molar-refractivity contribution is 5.91. The summed E-state index contributed by atoms with van der Waals surface area (Å²) < 4.78 is 15.1. The monoisotopic (exact) mass is 400 g/mol. The van der Waals surface area contributed by atoms with E-state index in [9.17, 15) is 9.90 Å². The first-order valence-electron chi connectivity index (χ1n) is 8.50. The third-order valence-electron chi connectivity index (χ3n) is 3.56. The van der Waals surface area contributed by atoms with Crippen molar-refractivity contribution in [3.05, 3.63) is 37.1 Å². The van der Waals surface area contributed by atoms with Gasteiger partial charge in [0.05, 0.1) is 11.4 Å². The number of ether oxygens (including phenoxy) is 1. The number of rotatable bonds is 1.